The van der Waals surface area contributed by atoms with Crippen LogP contribution in [0.2, 0.25) is 0 Å². The highest BCUT2D eigenvalue weighted by Crippen LogP contribution is 2.52. The van der Waals surface area contributed by atoms with Crippen LogP contribution in [-0.4, -0.2) is 38.5 Å². The Bertz CT molecular complexity index is 979. The third-order valence-corrected chi connectivity index (χ3v) is 6.39. The summed E-state index contributed by atoms with van der Waals surface area (Å²) < 4.78 is 1.49. The highest BCUT2D eigenvalue weighted by Gasteiger charge is 2.60. The van der Waals surface area contributed by atoms with Crippen LogP contribution in [0.3, 0.4) is 0 Å². The molecular formula is C20H22N2O4. The number of carboxylic acid groups (broad SMARTS) is 1. The Labute approximate surface area is 151 Å². The molecule has 2 saturated heterocycles. The number of hydrogen-bond donors (Lipinski definition) is 1. The van der Waals surface area contributed by atoms with E-state index in [4.69, 9.17) is 0 Å². The van der Waals surface area contributed by atoms with E-state index in [2.05, 4.69) is 0 Å². The summed E-state index contributed by atoms with van der Waals surface area (Å²) >= 11 is 0. The lowest BCUT2D eigenvalue weighted by atomic mass is 9.72. The molecule has 3 atom stereocenters. The Morgan fingerprint density at radius 3 is 2.65 bits per heavy atom. The number of aromatic nitrogens is 1. The van der Waals surface area contributed by atoms with Crippen molar-refractivity contribution in [1.82, 2.24) is 9.47 Å². The van der Waals surface area contributed by atoms with Gasteiger partial charge in [-0.25, -0.2) is 0 Å². The summed E-state index contributed by atoms with van der Waals surface area (Å²) in [6.07, 6.45) is 2.45. The Morgan fingerprint density at radius 2 is 2.00 bits per heavy atom. The van der Waals surface area contributed by atoms with Gasteiger partial charge in [-0.1, -0.05) is 25.1 Å². The molecule has 0 spiro atoms. The Morgan fingerprint density at radius 1 is 1.27 bits per heavy atom. The fourth-order valence-electron chi connectivity index (χ4n) is 4.97. The van der Waals surface area contributed by atoms with Crippen molar-refractivity contribution in [2.45, 2.75) is 44.7 Å². The van der Waals surface area contributed by atoms with E-state index in [0.717, 1.165) is 17.3 Å². The Hall–Kier alpha value is -2.63. The minimum Gasteiger partial charge on any atom is -0.481 e. The van der Waals surface area contributed by atoms with E-state index < -0.39 is 11.4 Å². The number of carboxylic acids is 1. The molecule has 1 amide bonds. The van der Waals surface area contributed by atoms with Gasteiger partial charge in [-0.3, -0.25) is 14.4 Å². The van der Waals surface area contributed by atoms with Crippen molar-refractivity contribution in [3.8, 4) is 0 Å². The van der Waals surface area contributed by atoms with E-state index in [9.17, 15) is 19.5 Å². The molecule has 0 radical (unpaired) electrons. The van der Waals surface area contributed by atoms with Gasteiger partial charge in [0, 0.05) is 19.1 Å². The number of nitrogens with zero attached hydrogens (tertiary/aromatic N) is 2. The van der Waals surface area contributed by atoms with Gasteiger partial charge in [-0.15, -0.1) is 0 Å². The van der Waals surface area contributed by atoms with Crippen molar-refractivity contribution in [1.29, 1.82) is 0 Å². The zero-order chi connectivity index (χ0) is 18.6. The van der Waals surface area contributed by atoms with Gasteiger partial charge in [0.15, 0.2) is 0 Å². The first-order valence-corrected chi connectivity index (χ1v) is 9.05. The number of benzene rings is 1. The average molecular weight is 354 g/mol. The van der Waals surface area contributed by atoms with Crippen LogP contribution >= 0.6 is 0 Å². The standard InChI is InChI=1S/C20H22N2O4/c1-3-20(19(25)26)11-13-8-9-16(20)22(13)18(24)14-10-12-6-4-5-7-15(12)21(2)17(14)23/h4-7,10,13,16H,3,8-9,11H2,1-2H3,(H,25,26)/t13-,16+,20+/m0/s1. The summed E-state index contributed by atoms with van der Waals surface area (Å²) in [5, 5.41) is 10.6. The quantitative estimate of drug-likeness (QED) is 0.918. The predicted molar refractivity (Wildman–Crippen MR) is 97.1 cm³/mol. The molecule has 3 heterocycles. The van der Waals surface area contributed by atoms with Gasteiger partial charge in [0.05, 0.1) is 10.9 Å². The van der Waals surface area contributed by atoms with Crippen LogP contribution in [-0.2, 0) is 11.8 Å². The normalized spacial score (nSPS) is 27.2. The molecule has 2 aliphatic rings. The first-order valence-electron chi connectivity index (χ1n) is 9.05. The number of hydrogen-bond acceptors (Lipinski definition) is 3. The fraction of sp³-hybridized carbons (Fsp3) is 0.450. The van der Waals surface area contributed by atoms with Crippen LogP contribution in [0, 0.1) is 5.41 Å². The van der Waals surface area contributed by atoms with E-state index >= 15 is 0 Å². The molecule has 0 aliphatic carbocycles. The van der Waals surface area contributed by atoms with Crippen molar-refractivity contribution >= 4 is 22.8 Å². The van der Waals surface area contributed by atoms with Crippen LogP contribution < -0.4 is 5.56 Å². The van der Waals surface area contributed by atoms with Crippen molar-refractivity contribution in [3.63, 3.8) is 0 Å². The molecule has 2 fully saturated rings. The number of rotatable bonds is 3. The number of aryl methyl sites for hydroxylation is 1. The number of amides is 1. The van der Waals surface area contributed by atoms with Gasteiger partial charge in [0.25, 0.3) is 11.5 Å². The summed E-state index contributed by atoms with van der Waals surface area (Å²) in [7, 11) is 1.66. The number of fused-ring (bicyclic) bond motifs is 3. The summed E-state index contributed by atoms with van der Waals surface area (Å²) in [5.41, 5.74) is -0.328. The minimum atomic E-state index is -0.888. The minimum absolute atomic E-state index is 0.0975. The van der Waals surface area contributed by atoms with Crippen molar-refractivity contribution in [2.24, 2.45) is 12.5 Å². The molecule has 0 unspecified atom stereocenters. The number of pyridine rings is 1. The van der Waals surface area contributed by atoms with Crippen molar-refractivity contribution < 1.29 is 14.7 Å². The molecule has 6 nitrogen and oxygen atoms in total. The molecule has 1 aromatic carbocycles. The van der Waals surface area contributed by atoms with Gasteiger partial charge in [0.1, 0.15) is 5.56 Å². The predicted octanol–water partition coefficient (Wildman–Crippen LogP) is 2.40. The smallest absolute Gasteiger partial charge is 0.311 e. The molecule has 4 rings (SSSR count). The second kappa shape index (κ2) is 5.69. The van der Waals surface area contributed by atoms with Gasteiger partial charge in [-0.05, 0) is 43.2 Å². The third-order valence-electron chi connectivity index (χ3n) is 6.39. The Balaban J connectivity index is 1.80. The summed E-state index contributed by atoms with van der Waals surface area (Å²) in [5.74, 6) is -1.17. The lowest BCUT2D eigenvalue weighted by Gasteiger charge is -2.32. The zero-order valence-electron chi connectivity index (χ0n) is 14.9. The van der Waals surface area contributed by atoms with Crippen LogP contribution in [0.15, 0.2) is 35.1 Å². The second-order valence-electron chi connectivity index (χ2n) is 7.46. The lowest BCUT2D eigenvalue weighted by Crippen LogP contribution is -2.46. The maximum atomic E-state index is 13.3. The molecule has 1 aromatic heterocycles. The fourth-order valence-corrected chi connectivity index (χ4v) is 4.97. The van der Waals surface area contributed by atoms with Crippen molar-refractivity contribution in [3.05, 3.63) is 46.2 Å². The zero-order valence-corrected chi connectivity index (χ0v) is 14.9. The summed E-state index contributed by atoms with van der Waals surface area (Å²) in [4.78, 5) is 39.7. The maximum absolute atomic E-state index is 13.3. The van der Waals surface area contributed by atoms with Gasteiger partial charge < -0.3 is 14.6 Å². The molecule has 2 bridgehead atoms. The second-order valence-corrected chi connectivity index (χ2v) is 7.46. The number of para-hydroxylation sites is 1. The molecule has 2 aromatic rings. The van der Waals surface area contributed by atoms with E-state index in [0.29, 0.717) is 19.3 Å². The Kier molecular flexibility index (Phi) is 3.68. The average Bonchev–Trinajstić information content (AvgIpc) is 3.20. The molecule has 1 N–H and O–H groups in total. The van der Waals surface area contributed by atoms with Crippen LogP contribution in [0.4, 0.5) is 0 Å². The number of carbonyl (C=O) groups is 2. The van der Waals surface area contributed by atoms with Gasteiger partial charge in [-0.2, -0.15) is 0 Å². The van der Waals surface area contributed by atoms with E-state index in [1.54, 1.807) is 18.0 Å². The number of carbonyl (C=O) groups excluding carboxylic acids is 1. The summed E-state index contributed by atoms with van der Waals surface area (Å²) in [6, 6.07) is 8.65. The molecular weight excluding hydrogens is 332 g/mol. The lowest BCUT2D eigenvalue weighted by molar-refractivity contribution is -0.151. The largest absolute Gasteiger partial charge is 0.481 e. The van der Waals surface area contributed by atoms with E-state index in [1.165, 1.54) is 4.57 Å². The summed E-state index contributed by atoms with van der Waals surface area (Å²) in [6.45, 7) is 1.87. The first kappa shape index (κ1) is 16.8. The highest BCUT2D eigenvalue weighted by atomic mass is 16.4. The van der Waals surface area contributed by atoms with Crippen LogP contribution in [0.25, 0.3) is 10.9 Å². The van der Waals surface area contributed by atoms with Gasteiger partial charge in [0.2, 0.25) is 0 Å². The topological polar surface area (TPSA) is 79.6 Å². The maximum Gasteiger partial charge on any atom is 0.311 e. The molecule has 0 saturated carbocycles. The van der Waals surface area contributed by atoms with Crippen molar-refractivity contribution in [2.75, 3.05) is 0 Å². The monoisotopic (exact) mass is 354 g/mol. The molecule has 6 heteroatoms. The third kappa shape index (κ3) is 2.08. The van der Waals surface area contributed by atoms with Crippen LogP contribution in [0.1, 0.15) is 43.0 Å². The highest BCUT2D eigenvalue weighted by molar-refractivity contribution is 5.98. The SMILES string of the molecule is CC[C@@]1(C(=O)O)C[C@@H]2CC[C@H]1N2C(=O)c1cc2ccccc2n(C)c1=O. The van der Waals surface area contributed by atoms with Crippen LogP contribution in [0.5, 0.6) is 0 Å². The van der Waals surface area contributed by atoms with Gasteiger partial charge >= 0.3 is 5.97 Å². The van der Waals surface area contributed by atoms with E-state index in [-0.39, 0.29) is 29.1 Å². The molecule has 2 aliphatic heterocycles. The molecule has 26 heavy (non-hydrogen) atoms. The van der Waals surface area contributed by atoms with E-state index in [1.807, 2.05) is 31.2 Å². The molecule has 136 valence electrons. The number of aliphatic carboxylic acids is 1. The first-order chi connectivity index (χ1) is 12.4.